The van der Waals surface area contributed by atoms with Gasteiger partial charge in [0.25, 0.3) is 0 Å². The van der Waals surface area contributed by atoms with Crippen LogP contribution in [0, 0.1) is 5.92 Å². The van der Waals surface area contributed by atoms with Gasteiger partial charge in [-0.15, -0.1) is 0 Å². The van der Waals surface area contributed by atoms with Crippen LogP contribution in [-0.2, 0) is 9.47 Å². The summed E-state index contributed by atoms with van der Waals surface area (Å²) in [7, 11) is 1.88. The highest BCUT2D eigenvalue weighted by Crippen LogP contribution is 2.21. The van der Waals surface area contributed by atoms with E-state index in [0.29, 0.717) is 5.92 Å². The zero-order valence-corrected chi connectivity index (χ0v) is 17.5. The van der Waals surface area contributed by atoms with Crippen molar-refractivity contribution < 1.29 is 9.47 Å². The lowest BCUT2D eigenvalue weighted by atomic mass is 10.1. The van der Waals surface area contributed by atoms with E-state index in [-0.39, 0.29) is 12.2 Å². The number of hydrogen-bond donors (Lipinski definition) is 1. The normalized spacial score (nSPS) is 29.9. The Kier molecular flexibility index (Phi) is 8.18. The van der Waals surface area contributed by atoms with Crippen LogP contribution in [0.1, 0.15) is 26.7 Å². The van der Waals surface area contributed by atoms with Crippen LogP contribution >= 0.6 is 0 Å². The van der Waals surface area contributed by atoms with Crippen LogP contribution in [0.25, 0.3) is 0 Å². The molecule has 3 atom stereocenters. The summed E-state index contributed by atoms with van der Waals surface area (Å²) in [5, 5.41) is 3.60. The Bertz CT molecular complexity index is 461. The van der Waals surface area contributed by atoms with Crippen molar-refractivity contribution in [3.63, 3.8) is 0 Å². The fourth-order valence-electron chi connectivity index (χ4n) is 4.38. The van der Waals surface area contributed by atoms with E-state index in [4.69, 9.17) is 9.47 Å². The van der Waals surface area contributed by atoms with Crippen LogP contribution in [0.15, 0.2) is 4.99 Å². The molecule has 27 heavy (non-hydrogen) atoms. The molecule has 3 fully saturated rings. The predicted octanol–water partition coefficient (Wildman–Crippen LogP) is 0.715. The average molecular weight is 382 g/mol. The molecule has 3 heterocycles. The van der Waals surface area contributed by atoms with Crippen LogP contribution in [0.2, 0.25) is 0 Å². The topological polar surface area (TPSA) is 52.6 Å². The van der Waals surface area contributed by atoms with Crippen molar-refractivity contribution in [2.45, 2.75) is 38.9 Å². The molecule has 0 spiro atoms. The van der Waals surface area contributed by atoms with Gasteiger partial charge in [-0.05, 0) is 25.3 Å². The second-order valence-corrected chi connectivity index (χ2v) is 8.17. The van der Waals surface area contributed by atoms with Crippen molar-refractivity contribution in [3.8, 4) is 0 Å². The molecular formula is C20H39N5O2. The maximum absolute atomic E-state index is 5.97. The zero-order valence-electron chi connectivity index (χ0n) is 17.5. The van der Waals surface area contributed by atoms with E-state index in [2.05, 4.69) is 38.9 Å². The van der Waals surface area contributed by atoms with Gasteiger partial charge >= 0.3 is 0 Å². The van der Waals surface area contributed by atoms with E-state index in [1.165, 1.54) is 32.7 Å². The second kappa shape index (κ2) is 10.6. The Balaban J connectivity index is 1.40. The van der Waals surface area contributed by atoms with Crippen LogP contribution in [-0.4, -0.2) is 112 Å². The molecule has 0 aliphatic carbocycles. The molecule has 3 rings (SSSR count). The SMILES string of the molecule is CCN1CCN(CC(C)CNC(=NC)N2CCOC(C3CCCO3)C2)CC1. The van der Waals surface area contributed by atoms with Crippen LogP contribution in [0.4, 0.5) is 0 Å². The maximum atomic E-state index is 5.97. The number of aliphatic imine (C=N–C) groups is 1. The van der Waals surface area contributed by atoms with E-state index in [0.717, 1.165) is 58.2 Å². The highest BCUT2D eigenvalue weighted by Gasteiger charge is 2.32. The number of nitrogens with zero attached hydrogens (tertiary/aromatic N) is 4. The van der Waals surface area contributed by atoms with Gasteiger partial charge in [0.2, 0.25) is 0 Å². The Morgan fingerprint density at radius 1 is 1.07 bits per heavy atom. The molecule has 0 aromatic carbocycles. The molecule has 3 unspecified atom stereocenters. The summed E-state index contributed by atoms with van der Waals surface area (Å²) in [6.45, 7) is 16.1. The summed E-state index contributed by atoms with van der Waals surface area (Å²) in [4.78, 5) is 12.0. The third kappa shape index (κ3) is 6.04. The number of rotatable bonds is 6. The smallest absolute Gasteiger partial charge is 0.193 e. The number of guanidine groups is 1. The van der Waals surface area contributed by atoms with Gasteiger partial charge in [0.1, 0.15) is 6.10 Å². The van der Waals surface area contributed by atoms with Gasteiger partial charge in [-0.25, -0.2) is 0 Å². The number of morpholine rings is 1. The van der Waals surface area contributed by atoms with Crippen molar-refractivity contribution in [3.05, 3.63) is 0 Å². The van der Waals surface area contributed by atoms with Gasteiger partial charge in [-0.2, -0.15) is 0 Å². The summed E-state index contributed by atoms with van der Waals surface area (Å²) in [6.07, 6.45) is 2.70. The minimum Gasteiger partial charge on any atom is -0.375 e. The first-order valence-corrected chi connectivity index (χ1v) is 10.8. The molecule has 7 heteroatoms. The molecule has 3 aliphatic rings. The first-order chi connectivity index (χ1) is 13.2. The van der Waals surface area contributed by atoms with Gasteiger partial charge in [0, 0.05) is 66.0 Å². The van der Waals surface area contributed by atoms with E-state index >= 15 is 0 Å². The third-order valence-electron chi connectivity index (χ3n) is 6.08. The molecule has 0 saturated carbocycles. The van der Waals surface area contributed by atoms with Gasteiger partial charge in [-0.3, -0.25) is 4.99 Å². The molecule has 7 nitrogen and oxygen atoms in total. The largest absolute Gasteiger partial charge is 0.375 e. The standard InChI is InChI=1S/C20H39N5O2/c1-4-23-7-9-24(10-8-23)15-17(2)14-22-20(21-3)25-11-13-27-19(16-25)18-6-5-12-26-18/h17-19H,4-16H2,1-3H3,(H,21,22). The monoisotopic (exact) mass is 381 g/mol. The fraction of sp³-hybridized carbons (Fsp3) is 0.950. The Labute approximate surface area is 165 Å². The summed E-state index contributed by atoms with van der Waals surface area (Å²) in [6, 6.07) is 0. The highest BCUT2D eigenvalue weighted by molar-refractivity contribution is 5.80. The lowest BCUT2D eigenvalue weighted by Crippen LogP contribution is -2.54. The van der Waals surface area contributed by atoms with E-state index in [9.17, 15) is 0 Å². The van der Waals surface area contributed by atoms with Crippen molar-refractivity contribution >= 4 is 5.96 Å². The number of hydrogen-bond acceptors (Lipinski definition) is 5. The third-order valence-corrected chi connectivity index (χ3v) is 6.08. The molecule has 0 radical (unpaired) electrons. The van der Waals surface area contributed by atoms with E-state index < -0.39 is 0 Å². The lowest BCUT2D eigenvalue weighted by Gasteiger charge is -2.38. The second-order valence-electron chi connectivity index (χ2n) is 8.17. The minimum atomic E-state index is 0.173. The Hall–Kier alpha value is -0.890. The molecule has 1 N–H and O–H groups in total. The van der Waals surface area contributed by atoms with Crippen molar-refractivity contribution in [2.24, 2.45) is 10.9 Å². The summed E-state index contributed by atoms with van der Waals surface area (Å²) >= 11 is 0. The predicted molar refractivity (Wildman–Crippen MR) is 109 cm³/mol. The molecule has 0 amide bonds. The van der Waals surface area contributed by atoms with Crippen molar-refractivity contribution in [1.29, 1.82) is 0 Å². The summed E-state index contributed by atoms with van der Waals surface area (Å²) in [5.74, 6) is 1.61. The Morgan fingerprint density at radius 2 is 1.81 bits per heavy atom. The van der Waals surface area contributed by atoms with Crippen LogP contribution < -0.4 is 5.32 Å². The molecule has 3 aliphatic heterocycles. The van der Waals surface area contributed by atoms with Gasteiger partial charge in [0.05, 0.1) is 12.7 Å². The van der Waals surface area contributed by atoms with E-state index in [1.54, 1.807) is 0 Å². The number of ether oxygens (including phenoxy) is 2. The van der Waals surface area contributed by atoms with Crippen LogP contribution in [0.3, 0.4) is 0 Å². The van der Waals surface area contributed by atoms with E-state index in [1.807, 2.05) is 7.05 Å². The zero-order chi connectivity index (χ0) is 19.1. The summed E-state index contributed by atoms with van der Waals surface area (Å²) < 4.78 is 11.8. The molecule has 156 valence electrons. The highest BCUT2D eigenvalue weighted by atomic mass is 16.5. The number of nitrogens with one attached hydrogen (secondary N) is 1. The summed E-state index contributed by atoms with van der Waals surface area (Å²) in [5.41, 5.74) is 0. The first-order valence-electron chi connectivity index (χ1n) is 10.8. The molecular weight excluding hydrogens is 342 g/mol. The van der Waals surface area contributed by atoms with Crippen molar-refractivity contribution in [2.75, 3.05) is 79.2 Å². The van der Waals surface area contributed by atoms with Gasteiger partial charge in [0.15, 0.2) is 5.96 Å². The molecule has 0 bridgehead atoms. The van der Waals surface area contributed by atoms with Gasteiger partial charge in [-0.1, -0.05) is 13.8 Å². The van der Waals surface area contributed by atoms with Crippen LogP contribution in [0.5, 0.6) is 0 Å². The van der Waals surface area contributed by atoms with Crippen molar-refractivity contribution in [1.82, 2.24) is 20.0 Å². The lowest BCUT2D eigenvalue weighted by molar-refractivity contribution is -0.0817. The molecule has 0 aromatic rings. The van der Waals surface area contributed by atoms with Gasteiger partial charge < -0.3 is 29.5 Å². The average Bonchev–Trinajstić information content (AvgIpc) is 3.24. The molecule has 3 saturated heterocycles. The fourth-order valence-corrected chi connectivity index (χ4v) is 4.38. The quantitative estimate of drug-likeness (QED) is 0.540. The molecule has 0 aromatic heterocycles. The first kappa shape index (κ1) is 20.8. The number of likely N-dealkylation sites (N-methyl/N-ethyl adjacent to an activating group) is 1. The maximum Gasteiger partial charge on any atom is 0.193 e. The Morgan fingerprint density at radius 3 is 2.48 bits per heavy atom. The number of piperazine rings is 1. The minimum absolute atomic E-state index is 0.173.